The Labute approximate surface area is 94.9 Å². The van der Waals surface area contributed by atoms with Gasteiger partial charge in [0.1, 0.15) is 11.8 Å². The second-order valence-electron chi connectivity index (χ2n) is 4.19. The van der Waals surface area contributed by atoms with Crippen LogP contribution in [0.5, 0.6) is 0 Å². The molecule has 5 heteroatoms. The van der Waals surface area contributed by atoms with Gasteiger partial charge in [0.15, 0.2) is 0 Å². The highest BCUT2D eigenvalue weighted by molar-refractivity contribution is 5.73. The summed E-state index contributed by atoms with van der Waals surface area (Å²) in [7, 11) is 0. The molecule has 1 aromatic heterocycles. The van der Waals surface area contributed by atoms with E-state index in [-0.39, 0.29) is 5.92 Å². The smallest absolute Gasteiger partial charge is 0.320 e. The summed E-state index contributed by atoms with van der Waals surface area (Å²) in [5.41, 5.74) is 0.841. The normalized spacial score (nSPS) is 13.1. The van der Waals surface area contributed by atoms with Crippen molar-refractivity contribution < 1.29 is 14.3 Å². The van der Waals surface area contributed by atoms with E-state index < -0.39 is 12.0 Å². The molecule has 0 fully saturated rings. The number of hydrogen-bond acceptors (Lipinski definition) is 4. The summed E-state index contributed by atoms with van der Waals surface area (Å²) in [6, 6.07) is -0.576. The minimum atomic E-state index is -0.852. The molecule has 90 valence electrons. The number of oxazole rings is 1. The molecule has 1 aromatic rings. The van der Waals surface area contributed by atoms with Crippen LogP contribution in [0.4, 0.5) is 0 Å². The fourth-order valence-corrected chi connectivity index (χ4v) is 1.42. The van der Waals surface area contributed by atoms with Gasteiger partial charge in [-0.15, -0.1) is 0 Å². The van der Waals surface area contributed by atoms with Gasteiger partial charge in [-0.05, 0) is 19.8 Å². The lowest BCUT2D eigenvalue weighted by atomic mass is 10.1. The minimum Gasteiger partial charge on any atom is -0.480 e. The Kier molecular flexibility index (Phi) is 4.06. The number of nitrogens with one attached hydrogen (secondary N) is 1. The van der Waals surface area contributed by atoms with Crippen LogP contribution < -0.4 is 5.32 Å². The van der Waals surface area contributed by atoms with E-state index in [9.17, 15) is 4.79 Å². The third-order valence-electron chi connectivity index (χ3n) is 2.48. The van der Waals surface area contributed by atoms with Gasteiger partial charge in [0.25, 0.3) is 0 Å². The first-order chi connectivity index (χ1) is 7.41. The van der Waals surface area contributed by atoms with Gasteiger partial charge >= 0.3 is 5.97 Å². The van der Waals surface area contributed by atoms with E-state index in [1.807, 2.05) is 27.7 Å². The zero-order chi connectivity index (χ0) is 12.3. The van der Waals surface area contributed by atoms with Crippen LogP contribution in [0.3, 0.4) is 0 Å². The number of carboxylic acids is 1. The highest BCUT2D eigenvalue weighted by Gasteiger charge is 2.21. The van der Waals surface area contributed by atoms with Crippen molar-refractivity contribution in [1.82, 2.24) is 10.3 Å². The topological polar surface area (TPSA) is 75.4 Å². The zero-order valence-corrected chi connectivity index (χ0v) is 10.1. The molecule has 1 rings (SSSR count). The number of carbonyl (C=O) groups is 1. The molecule has 0 aromatic carbocycles. The van der Waals surface area contributed by atoms with Crippen LogP contribution in [-0.4, -0.2) is 22.1 Å². The largest absolute Gasteiger partial charge is 0.480 e. The van der Waals surface area contributed by atoms with Crippen molar-refractivity contribution >= 4 is 5.97 Å². The van der Waals surface area contributed by atoms with Gasteiger partial charge in [0.05, 0.1) is 12.2 Å². The molecule has 0 aliphatic heterocycles. The van der Waals surface area contributed by atoms with Crippen LogP contribution in [0.15, 0.2) is 4.42 Å². The Bertz CT molecular complexity index is 352. The van der Waals surface area contributed by atoms with Crippen molar-refractivity contribution in [3.05, 3.63) is 17.3 Å². The Hall–Kier alpha value is -1.36. The second-order valence-corrected chi connectivity index (χ2v) is 4.19. The molecule has 16 heavy (non-hydrogen) atoms. The van der Waals surface area contributed by atoms with E-state index >= 15 is 0 Å². The lowest BCUT2D eigenvalue weighted by Crippen LogP contribution is -2.40. The molecule has 0 saturated carbocycles. The first kappa shape index (κ1) is 12.7. The fourth-order valence-electron chi connectivity index (χ4n) is 1.42. The molecule has 0 saturated heterocycles. The van der Waals surface area contributed by atoms with Crippen LogP contribution in [-0.2, 0) is 11.3 Å². The summed E-state index contributed by atoms with van der Waals surface area (Å²) in [5, 5.41) is 11.9. The number of aliphatic carboxylic acids is 1. The van der Waals surface area contributed by atoms with E-state index in [1.54, 1.807) is 0 Å². The van der Waals surface area contributed by atoms with E-state index in [1.165, 1.54) is 0 Å². The van der Waals surface area contributed by atoms with Crippen molar-refractivity contribution in [3.8, 4) is 0 Å². The summed E-state index contributed by atoms with van der Waals surface area (Å²) in [6.07, 6.45) is 0. The predicted molar refractivity (Wildman–Crippen MR) is 59.1 cm³/mol. The molecular formula is C11H18N2O3. The lowest BCUT2D eigenvalue weighted by molar-refractivity contribution is -0.140. The molecule has 0 spiro atoms. The van der Waals surface area contributed by atoms with Crippen molar-refractivity contribution in [1.29, 1.82) is 0 Å². The van der Waals surface area contributed by atoms with E-state index in [2.05, 4.69) is 10.3 Å². The molecule has 0 radical (unpaired) electrons. The molecule has 1 unspecified atom stereocenters. The van der Waals surface area contributed by atoms with Gasteiger partial charge in [0, 0.05) is 0 Å². The molecule has 0 aliphatic rings. The van der Waals surface area contributed by atoms with Crippen LogP contribution >= 0.6 is 0 Å². The highest BCUT2D eigenvalue weighted by Crippen LogP contribution is 2.09. The summed E-state index contributed by atoms with van der Waals surface area (Å²) in [5.74, 6) is 0.472. The quantitative estimate of drug-likeness (QED) is 0.795. The van der Waals surface area contributed by atoms with Crippen LogP contribution in [0, 0.1) is 19.8 Å². The van der Waals surface area contributed by atoms with Gasteiger partial charge in [-0.3, -0.25) is 10.1 Å². The third kappa shape index (κ3) is 3.06. The Morgan fingerprint density at radius 3 is 2.50 bits per heavy atom. The van der Waals surface area contributed by atoms with Crippen LogP contribution in [0.1, 0.15) is 31.2 Å². The average molecular weight is 226 g/mol. The summed E-state index contributed by atoms with van der Waals surface area (Å²) >= 11 is 0. The van der Waals surface area contributed by atoms with E-state index in [4.69, 9.17) is 9.52 Å². The van der Waals surface area contributed by atoms with Gasteiger partial charge < -0.3 is 9.52 Å². The van der Waals surface area contributed by atoms with Crippen molar-refractivity contribution in [3.63, 3.8) is 0 Å². The lowest BCUT2D eigenvalue weighted by Gasteiger charge is -2.16. The summed E-state index contributed by atoms with van der Waals surface area (Å²) in [6.45, 7) is 7.75. The van der Waals surface area contributed by atoms with E-state index in [0.717, 1.165) is 11.5 Å². The number of carboxylic acid groups (broad SMARTS) is 1. The van der Waals surface area contributed by atoms with Crippen LogP contribution in [0.2, 0.25) is 0 Å². The first-order valence-electron chi connectivity index (χ1n) is 5.31. The average Bonchev–Trinajstić information content (AvgIpc) is 2.45. The summed E-state index contributed by atoms with van der Waals surface area (Å²) in [4.78, 5) is 15.1. The number of hydrogen-bond donors (Lipinski definition) is 2. The highest BCUT2D eigenvalue weighted by atomic mass is 16.4. The number of rotatable bonds is 5. The molecule has 5 nitrogen and oxygen atoms in total. The number of nitrogens with zero attached hydrogens (tertiary/aromatic N) is 1. The van der Waals surface area contributed by atoms with Crippen LogP contribution in [0.25, 0.3) is 0 Å². The van der Waals surface area contributed by atoms with Gasteiger partial charge in [0.2, 0.25) is 5.89 Å². The zero-order valence-electron chi connectivity index (χ0n) is 10.1. The molecule has 0 bridgehead atoms. The first-order valence-corrected chi connectivity index (χ1v) is 5.31. The van der Waals surface area contributed by atoms with E-state index in [0.29, 0.717) is 12.4 Å². The molecule has 1 heterocycles. The third-order valence-corrected chi connectivity index (χ3v) is 2.48. The molecular weight excluding hydrogens is 208 g/mol. The maximum absolute atomic E-state index is 10.9. The maximum Gasteiger partial charge on any atom is 0.320 e. The Morgan fingerprint density at radius 1 is 1.50 bits per heavy atom. The molecule has 0 amide bonds. The Balaban J connectivity index is 2.59. The monoisotopic (exact) mass is 226 g/mol. The molecule has 1 atom stereocenters. The number of aromatic nitrogens is 1. The minimum absolute atomic E-state index is 0.0228. The summed E-state index contributed by atoms with van der Waals surface area (Å²) < 4.78 is 5.36. The van der Waals surface area contributed by atoms with Gasteiger partial charge in [-0.2, -0.15) is 0 Å². The SMILES string of the molecule is Cc1nc(CNC(C(=O)O)C(C)C)oc1C. The Morgan fingerprint density at radius 2 is 2.12 bits per heavy atom. The predicted octanol–water partition coefficient (Wildman–Crippen LogP) is 1.49. The number of aryl methyl sites for hydroxylation is 2. The van der Waals surface area contributed by atoms with Gasteiger partial charge in [-0.25, -0.2) is 4.98 Å². The standard InChI is InChI=1S/C11H18N2O3/c1-6(2)10(11(14)15)12-5-9-13-7(3)8(4)16-9/h6,10,12H,5H2,1-4H3,(H,14,15). The van der Waals surface area contributed by atoms with Crippen molar-refractivity contribution in [2.75, 3.05) is 0 Å². The maximum atomic E-state index is 10.9. The van der Waals surface area contributed by atoms with Gasteiger partial charge in [-0.1, -0.05) is 13.8 Å². The van der Waals surface area contributed by atoms with Crippen molar-refractivity contribution in [2.45, 2.75) is 40.3 Å². The fraction of sp³-hybridized carbons (Fsp3) is 0.636. The second kappa shape index (κ2) is 5.12. The molecule has 0 aliphatic carbocycles. The van der Waals surface area contributed by atoms with Crippen molar-refractivity contribution in [2.24, 2.45) is 5.92 Å². The molecule has 2 N–H and O–H groups in total.